The summed E-state index contributed by atoms with van der Waals surface area (Å²) in [7, 11) is 0. The minimum Gasteiger partial charge on any atom is -0.208 e. The lowest BCUT2D eigenvalue weighted by Gasteiger charge is -2.34. The predicted octanol–water partition coefficient (Wildman–Crippen LogP) is 13.3. The molecule has 2 heterocycles. The van der Waals surface area contributed by atoms with Crippen LogP contribution < -0.4 is 0 Å². The van der Waals surface area contributed by atoms with Gasteiger partial charge in [0.25, 0.3) is 0 Å². The van der Waals surface area contributed by atoms with Crippen molar-refractivity contribution in [2.24, 2.45) is 0 Å². The molecule has 2 aromatic heterocycles. The summed E-state index contributed by atoms with van der Waals surface area (Å²) >= 11 is 1.86. The van der Waals surface area contributed by atoms with Gasteiger partial charge < -0.3 is 0 Å². The SMILES string of the molecule is c1ccc(-c2cccc(-c3nc(-c4ccccc4)nc(-c4ccc(C5(c6ccc7sc8ccccc8c7c6)c6ccccc6-c6ccccc65)cc4)n3)c2)cc1. The Hall–Kier alpha value is -7.01. The molecule has 4 heteroatoms. The number of hydrogen-bond donors (Lipinski definition) is 0. The molecule has 262 valence electrons. The van der Waals surface area contributed by atoms with Crippen molar-refractivity contribution in [3.8, 4) is 56.4 Å². The van der Waals surface area contributed by atoms with Gasteiger partial charge in [-0.05, 0) is 68.8 Å². The van der Waals surface area contributed by atoms with Crippen molar-refractivity contribution >= 4 is 31.5 Å². The molecule has 0 amide bonds. The fourth-order valence-corrected chi connectivity index (χ4v) is 9.76. The van der Waals surface area contributed by atoms with Crippen LogP contribution in [0.1, 0.15) is 22.3 Å². The quantitative estimate of drug-likeness (QED) is 0.171. The molecule has 0 fully saturated rings. The van der Waals surface area contributed by atoms with Crippen LogP contribution in [0.2, 0.25) is 0 Å². The van der Waals surface area contributed by atoms with Crippen LogP contribution in [0, 0.1) is 0 Å². The van der Waals surface area contributed by atoms with Crippen LogP contribution >= 0.6 is 11.3 Å². The van der Waals surface area contributed by atoms with Gasteiger partial charge in [-0.25, -0.2) is 15.0 Å². The molecule has 1 aliphatic rings. The first-order valence-electron chi connectivity index (χ1n) is 18.9. The Kier molecular flexibility index (Phi) is 7.58. The first-order chi connectivity index (χ1) is 27.7. The highest BCUT2D eigenvalue weighted by atomic mass is 32.1. The maximum atomic E-state index is 5.14. The normalized spacial score (nSPS) is 12.8. The third-order valence-corrected chi connectivity index (χ3v) is 12.4. The van der Waals surface area contributed by atoms with E-state index in [0.717, 1.165) is 27.8 Å². The summed E-state index contributed by atoms with van der Waals surface area (Å²) in [6.45, 7) is 0. The van der Waals surface area contributed by atoms with E-state index in [1.165, 1.54) is 53.6 Å². The number of hydrogen-bond acceptors (Lipinski definition) is 4. The second-order valence-corrected chi connectivity index (χ2v) is 15.4. The van der Waals surface area contributed by atoms with Crippen molar-refractivity contribution in [2.45, 2.75) is 5.41 Å². The minimum atomic E-state index is -0.527. The molecule has 10 aromatic rings. The maximum absolute atomic E-state index is 5.14. The molecular weight excluding hydrogens is 699 g/mol. The molecule has 0 N–H and O–H groups in total. The summed E-state index contributed by atoms with van der Waals surface area (Å²) in [4.78, 5) is 15.3. The van der Waals surface area contributed by atoms with Crippen molar-refractivity contribution in [2.75, 3.05) is 0 Å². The molecule has 0 spiro atoms. The Morgan fingerprint density at radius 1 is 0.321 bits per heavy atom. The van der Waals surface area contributed by atoms with E-state index in [-0.39, 0.29) is 0 Å². The maximum Gasteiger partial charge on any atom is 0.164 e. The van der Waals surface area contributed by atoms with Gasteiger partial charge >= 0.3 is 0 Å². The molecular formula is C52H33N3S. The van der Waals surface area contributed by atoms with E-state index in [4.69, 9.17) is 15.0 Å². The molecule has 0 bridgehead atoms. The van der Waals surface area contributed by atoms with Crippen molar-refractivity contribution < 1.29 is 0 Å². The summed E-state index contributed by atoms with van der Waals surface area (Å²) in [5, 5.41) is 2.59. The van der Waals surface area contributed by atoms with E-state index in [0.29, 0.717) is 17.5 Å². The first kappa shape index (κ1) is 32.4. The number of rotatable bonds is 6. The molecule has 0 saturated heterocycles. The van der Waals surface area contributed by atoms with Crippen LogP contribution in [0.15, 0.2) is 200 Å². The smallest absolute Gasteiger partial charge is 0.164 e. The number of benzene rings is 8. The standard InChI is InChI=1S/C52H33N3S/c1-3-14-34(15-4-1)37-18-13-19-38(32-37)51-54-49(35-16-5-2-6-17-35)53-50(55-51)36-26-28-39(29-27-36)52(45-23-10-7-20-41(45)42-21-8-11-24-46(42)52)40-30-31-48-44(33-40)43-22-9-12-25-47(43)56-48/h1-33H. The number of fused-ring (bicyclic) bond motifs is 6. The monoisotopic (exact) mass is 731 g/mol. The van der Waals surface area contributed by atoms with Gasteiger partial charge in [0, 0.05) is 36.9 Å². The van der Waals surface area contributed by atoms with Gasteiger partial charge in [0.05, 0.1) is 5.41 Å². The van der Waals surface area contributed by atoms with Gasteiger partial charge in [-0.1, -0.05) is 176 Å². The zero-order chi connectivity index (χ0) is 37.1. The van der Waals surface area contributed by atoms with Crippen LogP contribution in [0.25, 0.3) is 76.6 Å². The third-order valence-electron chi connectivity index (χ3n) is 11.2. The van der Waals surface area contributed by atoms with Crippen molar-refractivity contribution in [3.05, 3.63) is 222 Å². The van der Waals surface area contributed by atoms with E-state index in [1.54, 1.807) is 0 Å². The van der Waals surface area contributed by atoms with Crippen LogP contribution in [-0.4, -0.2) is 15.0 Å². The average Bonchev–Trinajstić information content (AvgIpc) is 3.80. The van der Waals surface area contributed by atoms with Crippen molar-refractivity contribution in [3.63, 3.8) is 0 Å². The Morgan fingerprint density at radius 2 is 0.821 bits per heavy atom. The molecule has 8 aromatic carbocycles. The zero-order valence-electron chi connectivity index (χ0n) is 30.3. The number of aromatic nitrogens is 3. The summed E-state index contributed by atoms with van der Waals surface area (Å²) in [5.74, 6) is 1.92. The summed E-state index contributed by atoms with van der Waals surface area (Å²) < 4.78 is 2.61. The molecule has 3 nitrogen and oxygen atoms in total. The zero-order valence-corrected chi connectivity index (χ0v) is 31.1. The van der Waals surface area contributed by atoms with Crippen LogP contribution in [0.5, 0.6) is 0 Å². The van der Waals surface area contributed by atoms with Gasteiger partial charge in [0.1, 0.15) is 0 Å². The highest BCUT2D eigenvalue weighted by Crippen LogP contribution is 2.56. The van der Waals surface area contributed by atoms with Crippen molar-refractivity contribution in [1.82, 2.24) is 15.0 Å². The Labute approximate surface area is 329 Å². The van der Waals surface area contributed by atoms with E-state index >= 15 is 0 Å². The molecule has 56 heavy (non-hydrogen) atoms. The molecule has 0 aliphatic heterocycles. The fraction of sp³-hybridized carbons (Fsp3) is 0.0192. The fourth-order valence-electron chi connectivity index (χ4n) is 8.67. The van der Waals surface area contributed by atoms with E-state index < -0.39 is 5.41 Å². The van der Waals surface area contributed by atoms with E-state index in [2.05, 4.69) is 176 Å². The summed E-state index contributed by atoms with van der Waals surface area (Å²) in [6, 6.07) is 71.7. The van der Waals surface area contributed by atoms with Gasteiger partial charge in [0.15, 0.2) is 17.5 Å². The predicted molar refractivity (Wildman–Crippen MR) is 232 cm³/mol. The topological polar surface area (TPSA) is 38.7 Å². The van der Waals surface area contributed by atoms with Crippen LogP contribution in [0.3, 0.4) is 0 Å². The molecule has 1 aliphatic carbocycles. The lowest BCUT2D eigenvalue weighted by atomic mass is 9.67. The molecule has 0 atom stereocenters. The van der Waals surface area contributed by atoms with Gasteiger partial charge in [0.2, 0.25) is 0 Å². The highest BCUT2D eigenvalue weighted by molar-refractivity contribution is 7.25. The Bertz CT molecular complexity index is 3030. The average molecular weight is 732 g/mol. The van der Waals surface area contributed by atoms with Gasteiger partial charge in [-0.3, -0.25) is 0 Å². The molecule has 0 radical (unpaired) electrons. The Balaban J connectivity index is 1.09. The number of nitrogens with zero attached hydrogens (tertiary/aromatic N) is 3. The lowest BCUT2D eigenvalue weighted by molar-refractivity contribution is 0.770. The van der Waals surface area contributed by atoms with Crippen LogP contribution in [-0.2, 0) is 5.41 Å². The minimum absolute atomic E-state index is 0.527. The lowest BCUT2D eigenvalue weighted by Crippen LogP contribution is -2.28. The third kappa shape index (κ3) is 5.14. The highest BCUT2D eigenvalue weighted by Gasteiger charge is 2.46. The second-order valence-electron chi connectivity index (χ2n) is 14.3. The molecule has 0 unspecified atom stereocenters. The van der Waals surface area contributed by atoms with Crippen LogP contribution in [0.4, 0.5) is 0 Å². The van der Waals surface area contributed by atoms with Gasteiger partial charge in [-0.2, -0.15) is 0 Å². The van der Waals surface area contributed by atoms with Gasteiger partial charge in [-0.15, -0.1) is 11.3 Å². The first-order valence-corrected chi connectivity index (χ1v) is 19.8. The molecule has 11 rings (SSSR count). The largest absolute Gasteiger partial charge is 0.208 e. The summed E-state index contributed by atoms with van der Waals surface area (Å²) in [6.07, 6.45) is 0. The summed E-state index contributed by atoms with van der Waals surface area (Å²) in [5.41, 5.74) is 12.1. The van der Waals surface area contributed by atoms with Crippen molar-refractivity contribution in [1.29, 1.82) is 0 Å². The number of thiophene rings is 1. The second kappa shape index (κ2) is 13.1. The molecule has 0 saturated carbocycles. The van der Waals surface area contributed by atoms with E-state index in [9.17, 15) is 0 Å². The van der Waals surface area contributed by atoms with E-state index in [1.807, 2.05) is 35.6 Å². The Morgan fingerprint density at radius 3 is 1.52 bits per heavy atom.